The molecule has 0 spiro atoms. The molecule has 0 aliphatic rings. The smallest absolute Gasteiger partial charge is 0.174 e. The van der Waals surface area contributed by atoms with Crippen molar-refractivity contribution in [3.05, 3.63) is 21.3 Å². The van der Waals surface area contributed by atoms with Gasteiger partial charge in [0.25, 0.3) is 0 Å². The largest absolute Gasteiger partial charge is 0.493 e. The van der Waals surface area contributed by atoms with Crippen molar-refractivity contribution < 1.29 is 9.47 Å². The molecule has 72 valence electrons. The molecule has 0 aromatic heterocycles. The minimum Gasteiger partial charge on any atom is -0.493 e. The van der Waals surface area contributed by atoms with Crippen LogP contribution in [0.3, 0.4) is 0 Å². The number of rotatable bonds is 3. The molecule has 0 fully saturated rings. The molecule has 0 amide bonds. The zero-order valence-electron chi connectivity index (χ0n) is 8.06. The average molecular weight is 292 g/mol. The number of ether oxygens (including phenoxy) is 2. The Labute approximate surface area is 92.4 Å². The van der Waals surface area contributed by atoms with E-state index in [-0.39, 0.29) is 0 Å². The Morgan fingerprint density at radius 1 is 1.38 bits per heavy atom. The summed E-state index contributed by atoms with van der Waals surface area (Å²) >= 11 is 2.25. The summed E-state index contributed by atoms with van der Waals surface area (Å²) in [5.41, 5.74) is 1.18. The van der Waals surface area contributed by atoms with Crippen LogP contribution >= 0.6 is 22.6 Å². The summed E-state index contributed by atoms with van der Waals surface area (Å²) in [6.07, 6.45) is 0. The van der Waals surface area contributed by atoms with E-state index in [1.165, 1.54) is 5.56 Å². The number of benzene rings is 1. The number of methoxy groups -OCH3 is 1. The van der Waals surface area contributed by atoms with Gasteiger partial charge in [0.2, 0.25) is 0 Å². The van der Waals surface area contributed by atoms with Gasteiger partial charge < -0.3 is 9.47 Å². The summed E-state index contributed by atoms with van der Waals surface area (Å²) in [7, 11) is 1.66. The van der Waals surface area contributed by atoms with Gasteiger partial charge in [-0.05, 0) is 54.1 Å². The van der Waals surface area contributed by atoms with Gasteiger partial charge in [0, 0.05) is 0 Å². The molecule has 0 atom stereocenters. The molecule has 1 aromatic rings. The van der Waals surface area contributed by atoms with Crippen LogP contribution in [0, 0.1) is 10.5 Å². The lowest BCUT2D eigenvalue weighted by Gasteiger charge is -2.11. The van der Waals surface area contributed by atoms with Crippen LogP contribution in [-0.4, -0.2) is 13.7 Å². The predicted molar refractivity (Wildman–Crippen MR) is 61.6 cm³/mol. The third kappa shape index (κ3) is 2.49. The minimum atomic E-state index is 0.662. The van der Waals surface area contributed by atoms with Crippen LogP contribution < -0.4 is 9.47 Å². The average Bonchev–Trinajstić information content (AvgIpc) is 2.09. The SMILES string of the molecule is CCOc1c(I)cc(C)cc1OC. The molecular formula is C10H13IO2. The Bertz CT molecular complexity index is 297. The molecule has 0 heterocycles. The predicted octanol–water partition coefficient (Wildman–Crippen LogP) is 3.01. The number of hydrogen-bond acceptors (Lipinski definition) is 2. The second-order valence-electron chi connectivity index (χ2n) is 2.71. The Balaban J connectivity index is 3.13. The molecule has 1 aromatic carbocycles. The van der Waals surface area contributed by atoms with Crippen LogP contribution in [0.1, 0.15) is 12.5 Å². The Kier molecular flexibility index (Phi) is 3.84. The maximum absolute atomic E-state index is 5.48. The van der Waals surface area contributed by atoms with Crippen molar-refractivity contribution in [3.8, 4) is 11.5 Å². The van der Waals surface area contributed by atoms with E-state index in [1.54, 1.807) is 7.11 Å². The fourth-order valence-corrected chi connectivity index (χ4v) is 2.05. The molecule has 3 heteroatoms. The van der Waals surface area contributed by atoms with Gasteiger partial charge in [0.15, 0.2) is 11.5 Å². The van der Waals surface area contributed by atoms with E-state index in [4.69, 9.17) is 9.47 Å². The second-order valence-corrected chi connectivity index (χ2v) is 3.87. The molecule has 0 aliphatic carbocycles. The van der Waals surface area contributed by atoms with Crippen molar-refractivity contribution in [3.63, 3.8) is 0 Å². The van der Waals surface area contributed by atoms with Crippen LogP contribution in [0.2, 0.25) is 0 Å². The maximum atomic E-state index is 5.48. The Morgan fingerprint density at radius 2 is 2.08 bits per heavy atom. The molecule has 0 bridgehead atoms. The normalized spacial score (nSPS) is 9.85. The first-order valence-electron chi connectivity index (χ1n) is 4.16. The van der Waals surface area contributed by atoms with E-state index in [0.717, 1.165) is 15.1 Å². The third-order valence-corrected chi connectivity index (χ3v) is 2.46. The zero-order valence-corrected chi connectivity index (χ0v) is 10.2. The number of aryl methyl sites for hydroxylation is 1. The van der Waals surface area contributed by atoms with Gasteiger partial charge in [-0.25, -0.2) is 0 Å². The van der Waals surface area contributed by atoms with E-state index < -0.39 is 0 Å². The first kappa shape index (κ1) is 10.6. The molecule has 13 heavy (non-hydrogen) atoms. The highest BCUT2D eigenvalue weighted by atomic mass is 127. The van der Waals surface area contributed by atoms with Crippen LogP contribution in [0.5, 0.6) is 11.5 Å². The molecule has 0 unspecified atom stereocenters. The molecule has 1 rings (SSSR count). The van der Waals surface area contributed by atoms with E-state index in [9.17, 15) is 0 Å². The van der Waals surface area contributed by atoms with Crippen LogP contribution in [0.15, 0.2) is 12.1 Å². The first-order valence-corrected chi connectivity index (χ1v) is 5.23. The zero-order chi connectivity index (χ0) is 9.84. The summed E-state index contributed by atoms with van der Waals surface area (Å²) in [5.74, 6) is 1.66. The fraction of sp³-hybridized carbons (Fsp3) is 0.400. The number of hydrogen-bond donors (Lipinski definition) is 0. The van der Waals surface area contributed by atoms with E-state index >= 15 is 0 Å². The van der Waals surface area contributed by atoms with Gasteiger partial charge in [-0.3, -0.25) is 0 Å². The third-order valence-electron chi connectivity index (χ3n) is 1.66. The van der Waals surface area contributed by atoms with Crippen LogP contribution in [0.25, 0.3) is 0 Å². The Morgan fingerprint density at radius 3 is 2.62 bits per heavy atom. The van der Waals surface area contributed by atoms with Crippen molar-refractivity contribution in [2.75, 3.05) is 13.7 Å². The molecular weight excluding hydrogens is 279 g/mol. The summed E-state index contributed by atoms with van der Waals surface area (Å²) in [5, 5.41) is 0. The van der Waals surface area contributed by atoms with Gasteiger partial charge in [0.05, 0.1) is 17.3 Å². The molecule has 0 aliphatic heterocycles. The standard InChI is InChI=1S/C10H13IO2/c1-4-13-10-8(11)5-7(2)6-9(10)12-3/h5-6H,4H2,1-3H3. The monoisotopic (exact) mass is 292 g/mol. The van der Waals surface area contributed by atoms with E-state index in [2.05, 4.69) is 28.7 Å². The quantitative estimate of drug-likeness (QED) is 0.797. The van der Waals surface area contributed by atoms with Crippen LogP contribution in [-0.2, 0) is 0 Å². The van der Waals surface area contributed by atoms with E-state index in [1.807, 2.05) is 19.9 Å². The van der Waals surface area contributed by atoms with Crippen molar-refractivity contribution >= 4 is 22.6 Å². The lowest BCUT2D eigenvalue weighted by Crippen LogP contribution is -1.98. The van der Waals surface area contributed by atoms with Gasteiger partial charge in [-0.2, -0.15) is 0 Å². The van der Waals surface area contributed by atoms with E-state index in [0.29, 0.717) is 6.61 Å². The van der Waals surface area contributed by atoms with Gasteiger partial charge in [-0.15, -0.1) is 0 Å². The topological polar surface area (TPSA) is 18.5 Å². The summed E-state index contributed by atoms with van der Waals surface area (Å²) in [6, 6.07) is 4.06. The van der Waals surface area contributed by atoms with Crippen molar-refractivity contribution in [2.45, 2.75) is 13.8 Å². The second kappa shape index (κ2) is 4.69. The minimum absolute atomic E-state index is 0.662. The molecule has 0 saturated heterocycles. The maximum Gasteiger partial charge on any atom is 0.174 e. The molecule has 0 radical (unpaired) electrons. The number of halogens is 1. The van der Waals surface area contributed by atoms with Crippen molar-refractivity contribution in [1.29, 1.82) is 0 Å². The highest BCUT2D eigenvalue weighted by Gasteiger charge is 2.08. The van der Waals surface area contributed by atoms with Gasteiger partial charge in [-0.1, -0.05) is 0 Å². The Hall–Kier alpha value is -0.450. The molecule has 2 nitrogen and oxygen atoms in total. The van der Waals surface area contributed by atoms with Crippen molar-refractivity contribution in [2.24, 2.45) is 0 Å². The summed E-state index contributed by atoms with van der Waals surface area (Å²) in [6.45, 7) is 4.67. The van der Waals surface area contributed by atoms with Crippen molar-refractivity contribution in [1.82, 2.24) is 0 Å². The van der Waals surface area contributed by atoms with Crippen LogP contribution in [0.4, 0.5) is 0 Å². The highest BCUT2D eigenvalue weighted by Crippen LogP contribution is 2.33. The summed E-state index contributed by atoms with van der Waals surface area (Å²) < 4.78 is 11.8. The lowest BCUT2D eigenvalue weighted by atomic mass is 10.2. The van der Waals surface area contributed by atoms with Gasteiger partial charge in [0.1, 0.15) is 0 Å². The summed E-state index contributed by atoms with van der Waals surface area (Å²) in [4.78, 5) is 0. The first-order chi connectivity index (χ1) is 6.19. The lowest BCUT2D eigenvalue weighted by molar-refractivity contribution is 0.308. The highest BCUT2D eigenvalue weighted by molar-refractivity contribution is 14.1. The molecule has 0 saturated carbocycles. The fourth-order valence-electron chi connectivity index (χ4n) is 1.13. The van der Waals surface area contributed by atoms with Gasteiger partial charge >= 0.3 is 0 Å². The molecule has 0 N–H and O–H groups in total.